The molecule has 1 atom stereocenters. The van der Waals surface area contributed by atoms with Crippen molar-refractivity contribution in [1.29, 1.82) is 0 Å². The average molecular weight is 511 g/mol. The number of carbonyl (C=O) groups is 7. The number of piperidine rings is 1. The summed E-state index contributed by atoms with van der Waals surface area (Å²) in [4.78, 5) is 88.6. The predicted octanol–water partition coefficient (Wildman–Crippen LogP) is 1.39. The molecule has 3 aromatic rings. The molecule has 1 saturated heterocycles. The van der Waals surface area contributed by atoms with Gasteiger partial charge in [-0.25, -0.2) is 0 Å². The molecule has 11 nitrogen and oxygen atoms in total. The highest BCUT2D eigenvalue weighted by molar-refractivity contribution is 6.28. The van der Waals surface area contributed by atoms with Gasteiger partial charge in [-0.15, -0.1) is 0 Å². The second-order valence-corrected chi connectivity index (χ2v) is 9.07. The summed E-state index contributed by atoms with van der Waals surface area (Å²) >= 11 is 0. The Morgan fingerprint density at radius 3 is 2.32 bits per heavy atom. The van der Waals surface area contributed by atoms with Gasteiger partial charge in [0.1, 0.15) is 6.04 Å². The van der Waals surface area contributed by atoms with E-state index in [2.05, 4.69) is 10.6 Å². The van der Waals surface area contributed by atoms with Gasteiger partial charge in [-0.05, 0) is 24.1 Å². The zero-order valence-electron chi connectivity index (χ0n) is 19.5. The normalized spacial score (nSPS) is 18.2. The summed E-state index contributed by atoms with van der Waals surface area (Å²) in [5.74, 6) is -4.47. The summed E-state index contributed by atoms with van der Waals surface area (Å²) in [6.07, 6.45) is 0.0584. The molecule has 0 radical (unpaired) electrons. The summed E-state index contributed by atoms with van der Waals surface area (Å²) in [5.41, 5.74) is 1.13. The monoisotopic (exact) mass is 511 g/mol. The van der Waals surface area contributed by atoms with Crippen molar-refractivity contribution >= 4 is 41.1 Å². The first kappa shape index (κ1) is 23.2. The van der Waals surface area contributed by atoms with E-state index in [4.69, 9.17) is 4.42 Å². The van der Waals surface area contributed by atoms with Gasteiger partial charge >= 0.3 is 0 Å². The van der Waals surface area contributed by atoms with Crippen LogP contribution in [0.4, 0.5) is 0 Å². The second-order valence-electron chi connectivity index (χ2n) is 9.07. The molecule has 0 spiro atoms. The van der Waals surface area contributed by atoms with E-state index in [0.717, 1.165) is 4.90 Å². The van der Waals surface area contributed by atoms with Crippen LogP contribution in [0.15, 0.2) is 52.9 Å². The highest BCUT2D eigenvalue weighted by Gasteiger charge is 2.44. The van der Waals surface area contributed by atoms with Crippen molar-refractivity contribution in [3.8, 4) is 0 Å². The molecule has 6 rings (SSSR count). The summed E-state index contributed by atoms with van der Waals surface area (Å²) < 4.78 is 5.45. The van der Waals surface area contributed by atoms with Crippen molar-refractivity contribution in [3.05, 3.63) is 93.4 Å². The van der Waals surface area contributed by atoms with E-state index in [9.17, 15) is 33.6 Å². The molecular weight excluding hydrogens is 494 g/mol. The number of hydrogen-bond donors (Lipinski definition) is 2. The lowest BCUT2D eigenvalue weighted by Gasteiger charge is -2.27. The van der Waals surface area contributed by atoms with E-state index < -0.39 is 47.1 Å². The van der Waals surface area contributed by atoms with E-state index in [1.54, 1.807) is 18.2 Å². The lowest BCUT2D eigenvalue weighted by molar-refractivity contribution is -0.136. The van der Waals surface area contributed by atoms with Gasteiger partial charge in [0, 0.05) is 30.2 Å². The largest absolute Gasteiger partial charge is 0.447 e. The standard InChI is InChI=1S/C27H17N3O8/c31-20-8-7-18(24(34)29-20)30-26(36)15-6-5-12(9-16(15)27(30)37)11-28-25(35)19-10-17-21(32)13-3-1-2-4-14(13)22(33)23(17)38-19/h1-6,9-10,18H,7-8,11H2,(H,28,35)(H,29,31,34). The van der Waals surface area contributed by atoms with Crippen LogP contribution < -0.4 is 10.6 Å². The quantitative estimate of drug-likeness (QED) is 0.389. The van der Waals surface area contributed by atoms with Crippen LogP contribution in [-0.4, -0.2) is 52.0 Å². The molecule has 5 amide bonds. The molecule has 2 aromatic carbocycles. The van der Waals surface area contributed by atoms with Crippen LogP contribution in [0.2, 0.25) is 0 Å². The Labute approximate surface area is 213 Å². The van der Waals surface area contributed by atoms with Crippen molar-refractivity contribution in [1.82, 2.24) is 15.5 Å². The first-order chi connectivity index (χ1) is 18.2. The van der Waals surface area contributed by atoms with Crippen molar-refractivity contribution < 1.29 is 38.0 Å². The van der Waals surface area contributed by atoms with Gasteiger partial charge in [0.15, 0.2) is 17.3 Å². The molecule has 3 aliphatic rings. The number of hydrogen-bond acceptors (Lipinski definition) is 8. The first-order valence-electron chi connectivity index (χ1n) is 11.7. The predicted molar refractivity (Wildman–Crippen MR) is 126 cm³/mol. The lowest BCUT2D eigenvalue weighted by atomic mass is 9.89. The third-order valence-corrected chi connectivity index (χ3v) is 6.78. The van der Waals surface area contributed by atoms with Gasteiger partial charge in [0.05, 0.1) is 16.7 Å². The van der Waals surface area contributed by atoms with Crippen LogP contribution in [0.3, 0.4) is 0 Å². The molecule has 1 unspecified atom stereocenters. The number of rotatable bonds is 4. The molecule has 2 aliphatic heterocycles. The Kier molecular flexibility index (Phi) is 5.16. The van der Waals surface area contributed by atoms with Gasteiger partial charge in [0.2, 0.25) is 17.6 Å². The third kappa shape index (κ3) is 3.47. The van der Waals surface area contributed by atoms with E-state index >= 15 is 0 Å². The maximum Gasteiger partial charge on any atom is 0.287 e. The fourth-order valence-corrected chi connectivity index (χ4v) is 4.88. The van der Waals surface area contributed by atoms with Crippen LogP contribution in [0, 0.1) is 0 Å². The molecule has 188 valence electrons. The SMILES string of the molecule is O=C1CCC(N2C(=O)c3ccc(CNC(=O)c4cc5c(o4)C(=O)c4ccccc4C5=O)cc3C2=O)C(=O)N1. The zero-order valence-corrected chi connectivity index (χ0v) is 19.5. The van der Waals surface area contributed by atoms with Crippen molar-refractivity contribution in [2.75, 3.05) is 0 Å². The number of imide groups is 2. The van der Waals surface area contributed by atoms with Crippen LogP contribution in [0.1, 0.15) is 81.7 Å². The Balaban J connectivity index is 1.18. The maximum absolute atomic E-state index is 13.0. The number of carbonyl (C=O) groups excluding carboxylic acids is 7. The van der Waals surface area contributed by atoms with Crippen LogP contribution in [0.5, 0.6) is 0 Å². The van der Waals surface area contributed by atoms with Gasteiger partial charge in [-0.2, -0.15) is 0 Å². The van der Waals surface area contributed by atoms with Crippen LogP contribution in [0.25, 0.3) is 0 Å². The smallest absolute Gasteiger partial charge is 0.287 e. The molecule has 1 aromatic heterocycles. The maximum atomic E-state index is 13.0. The highest BCUT2D eigenvalue weighted by atomic mass is 16.4. The number of furan rings is 1. The van der Waals surface area contributed by atoms with Crippen molar-refractivity contribution in [2.45, 2.75) is 25.4 Å². The van der Waals surface area contributed by atoms with Gasteiger partial charge in [-0.3, -0.25) is 43.8 Å². The molecule has 38 heavy (non-hydrogen) atoms. The van der Waals surface area contributed by atoms with E-state index in [1.807, 2.05) is 0 Å². The molecule has 11 heteroatoms. The summed E-state index contributed by atoms with van der Waals surface area (Å²) in [6, 6.07) is 10.9. The number of amides is 5. The first-order valence-corrected chi connectivity index (χ1v) is 11.7. The Morgan fingerprint density at radius 1 is 0.868 bits per heavy atom. The molecule has 1 aliphatic carbocycles. The molecule has 2 N–H and O–H groups in total. The lowest BCUT2D eigenvalue weighted by Crippen LogP contribution is -2.54. The molecule has 3 heterocycles. The zero-order chi connectivity index (χ0) is 26.7. The van der Waals surface area contributed by atoms with E-state index in [0.29, 0.717) is 5.56 Å². The Morgan fingerprint density at radius 2 is 1.58 bits per heavy atom. The number of nitrogens with zero attached hydrogens (tertiary/aromatic N) is 1. The highest BCUT2D eigenvalue weighted by Crippen LogP contribution is 2.30. The van der Waals surface area contributed by atoms with E-state index in [1.165, 1.54) is 30.3 Å². The molecular formula is C27H17N3O8. The van der Waals surface area contributed by atoms with Gasteiger partial charge in [-0.1, -0.05) is 30.3 Å². The minimum Gasteiger partial charge on any atom is -0.447 e. The fourth-order valence-electron chi connectivity index (χ4n) is 4.88. The van der Waals surface area contributed by atoms with Crippen LogP contribution in [-0.2, 0) is 16.1 Å². The summed E-state index contributed by atoms with van der Waals surface area (Å²) in [7, 11) is 0. The van der Waals surface area contributed by atoms with Crippen LogP contribution >= 0.6 is 0 Å². The summed E-state index contributed by atoms with van der Waals surface area (Å²) in [5, 5.41) is 4.75. The number of benzene rings is 2. The number of ketones is 2. The molecule has 0 saturated carbocycles. The Hall–Kier alpha value is -5.19. The third-order valence-electron chi connectivity index (χ3n) is 6.78. The minimum atomic E-state index is -1.08. The number of nitrogens with one attached hydrogen (secondary N) is 2. The van der Waals surface area contributed by atoms with Gasteiger partial charge < -0.3 is 9.73 Å². The number of fused-ring (bicyclic) bond motifs is 3. The fraction of sp³-hybridized carbons (Fsp3) is 0.148. The molecule has 0 bridgehead atoms. The Bertz CT molecular complexity index is 1600. The second kappa shape index (κ2) is 8.44. The topological polar surface area (TPSA) is 160 Å². The summed E-state index contributed by atoms with van der Waals surface area (Å²) in [6.45, 7) is -0.0561. The van der Waals surface area contributed by atoms with E-state index in [-0.39, 0.29) is 58.7 Å². The van der Waals surface area contributed by atoms with Crippen molar-refractivity contribution in [3.63, 3.8) is 0 Å². The van der Waals surface area contributed by atoms with Crippen molar-refractivity contribution in [2.24, 2.45) is 0 Å². The minimum absolute atomic E-state index is 0.00836. The average Bonchev–Trinajstić information content (AvgIpc) is 3.47. The molecule has 1 fully saturated rings. The van der Waals surface area contributed by atoms with Gasteiger partial charge in [0.25, 0.3) is 17.7 Å².